The van der Waals surface area contributed by atoms with Crippen molar-refractivity contribution < 1.29 is 0 Å². The van der Waals surface area contributed by atoms with Crippen LogP contribution >= 0.6 is 23.2 Å². The number of anilines is 2. The first kappa shape index (κ1) is 14.4. The molecule has 2 aromatic rings. The van der Waals surface area contributed by atoms with E-state index in [0.29, 0.717) is 27.7 Å². The van der Waals surface area contributed by atoms with Crippen molar-refractivity contribution in [1.82, 2.24) is 4.98 Å². The number of fused-ring (bicyclic) bond motifs is 1. The van der Waals surface area contributed by atoms with Crippen molar-refractivity contribution in [3.8, 4) is 0 Å². The van der Waals surface area contributed by atoms with Gasteiger partial charge in [0.05, 0.1) is 10.0 Å². The maximum absolute atomic E-state index is 6.20. The van der Waals surface area contributed by atoms with Crippen LogP contribution in [0.15, 0.2) is 30.3 Å². The van der Waals surface area contributed by atoms with Crippen LogP contribution in [0.25, 0.3) is 0 Å². The second-order valence-electron chi connectivity index (χ2n) is 5.15. The monoisotopic (exact) mass is 322 g/mol. The minimum atomic E-state index is 0.302. The fourth-order valence-corrected chi connectivity index (χ4v) is 3.15. The lowest BCUT2D eigenvalue weighted by Crippen LogP contribution is -2.28. The van der Waals surface area contributed by atoms with Crippen molar-refractivity contribution >= 4 is 34.8 Å². The van der Waals surface area contributed by atoms with E-state index in [2.05, 4.69) is 40.0 Å². The third-order valence-electron chi connectivity index (χ3n) is 3.75. The van der Waals surface area contributed by atoms with E-state index < -0.39 is 0 Å². The largest absolute Gasteiger partial charge is 0.366 e. The van der Waals surface area contributed by atoms with Gasteiger partial charge in [0.1, 0.15) is 5.82 Å². The number of hydrazine groups is 1. The molecule has 1 atom stereocenters. The van der Waals surface area contributed by atoms with Crippen LogP contribution < -0.4 is 16.6 Å². The second-order valence-corrected chi connectivity index (χ2v) is 5.96. The molecular formula is C15H16Cl2N4. The number of hydrogen-bond donors (Lipinski definition) is 3. The van der Waals surface area contributed by atoms with Crippen LogP contribution in [-0.2, 0) is 12.8 Å². The van der Waals surface area contributed by atoms with Crippen molar-refractivity contribution in [3.63, 3.8) is 0 Å². The Hall–Kier alpha value is -1.49. The van der Waals surface area contributed by atoms with Gasteiger partial charge in [-0.15, -0.1) is 0 Å². The van der Waals surface area contributed by atoms with Crippen LogP contribution in [0.4, 0.5) is 11.6 Å². The minimum Gasteiger partial charge on any atom is -0.366 e. The van der Waals surface area contributed by atoms with E-state index in [1.54, 1.807) is 6.07 Å². The quantitative estimate of drug-likeness (QED) is 0.596. The molecule has 1 heterocycles. The number of rotatable bonds is 3. The Kier molecular flexibility index (Phi) is 4.19. The molecule has 0 aliphatic heterocycles. The van der Waals surface area contributed by atoms with Gasteiger partial charge in [0, 0.05) is 6.04 Å². The summed E-state index contributed by atoms with van der Waals surface area (Å²) in [6.07, 6.45) is 3.06. The highest BCUT2D eigenvalue weighted by atomic mass is 35.5. The number of hydrogen-bond acceptors (Lipinski definition) is 4. The van der Waals surface area contributed by atoms with Gasteiger partial charge in [-0.05, 0) is 36.5 Å². The Bertz CT molecular complexity index is 660. The molecule has 0 spiro atoms. The summed E-state index contributed by atoms with van der Waals surface area (Å²) in [6, 6.07) is 10.5. The molecule has 1 unspecified atom stereocenters. The average Bonchev–Trinajstić information content (AvgIpc) is 2.50. The van der Waals surface area contributed by atoms with Crippen molar-refractivity contribution in [2.24, 2.45) is 5.84 Å². The van der Waals surface area contributed by atoms with Gasteiger partial charge in [-0.1, -0.05) is 47.5 Å². The van der Waals surface area contributed by atoms with Crippen molar-refractivity contribution in [2.45, 2.75) is 25.3 Å². The van der Waals surface area contributed by atoms with E-state index >= 15 is 0 Å². The third-order valence-corrected chi connectivity index (χ3v) is 4.33. The number of aryl methyl sites for hydroxylation is 1. The van der Waals surface area contributed by atoms with Crippen molar-refractivity contribution in [3.05, 3.63) is 51.5 Å². The SMILES string of the molecule is NNc1nc(NC2CCc3ccccc3C2)c(Cl)cc1Cl. The van der Waals surface area contributed by atoms with E-state index in [0.717, 1.165) is 19.3 Å². The molecule has 3 rings (SSSR count). The molecule has 110 valence electrons. The number of aromatic nitrogens is 1. The maximum atomic E-state index is 6.20. The molecule has 0 radical (unpaired) electrons. The lowest BCUT2D eigenvalue weighted by Gasteiger charge is -2.26. The van der Waals surface area contributed by atoms with Crippen molar-refractivity contribution in [2.75, 3.05) is 10.7 Å². The molecule has 0 saturated heterocycles. The van der Waals surface area contributed by atoms with E-state index in [1.807, 2.05) is 0 Å². The molecule has 4 nitrogen and oxygen atoms in total. The molecule has 0 fully saturated rings. The lowest BCUT2D eigenvalue weighted by atomic mass is 9.88. The highest BCUT2D eigenvalue weighted by Gasteiger charge is 2.20. The molecule has 0 amide bonds. The topological polar surface area (TPSA) is 63.0 Å². The highest BCUT2D eigenvalue weighted by molar-refractivity contribution is 6.37. The Morgan fingerprint density at radius 3 is 2.57 bits per heavy atom. The van der Waals surface area contributed by atoms with Crippen LogP contribution in [0.1, 0.15) is 17.5 Å². The number of nitrogens with one attached hydrogen (secondary N) is 2. The minimum absolute atomic E-state index is 0.302. The molecule has 0 saturated carbocycles. The highest BCUT2D eigenvalue weighted by Crippen LogP contribution is 2.31. The summed E-state index contributed by atoms with van der Waals surface area (Å²) in [5, 5.41) is 4.30. The molecule has 1 aliphatic carbocycles. The Balaban J connectivity index is 1.79. The Morgan fingerprint density at radius 2 is 1.81 bits per heavy atom. The lowest BCUT2D eigenvalue weighted by molar-refractivity contribution is 0.609. The molecule has 6 heteroatoms. The van der Waals surface area contributed by atoms with Gasteiger partial charge in [0.15, 0.2) is 5.82 Å². The zero-order chi connectivity index (χ0) is 14.8. The normalized spacial score (nSPS) is 17.2. The molecular weight excluding hydrogens is 307 g/mol. The fourth-order valence-electron chi connectivity index (χ4n) is 2.68. The van der Waals surface area contributed by atoms with Gasteiger partial charge in [-0.2, -0.15) is 0 Å². The predicted molar refractivity (Wildman–Crippen MR) is 87.9 cm³/mol. The van der Waals surface area contributed by atoms with Gasteiger partial charge in [-0.25, -0.2) is 10.8 Å². The maximum Gasteiger partial charge on any atom is 0.161 e. The van der Waals surface area contributed by atoms with Crippen molar-refractivity contribution in [1.29, 1.82) is 0 Å². The number of nitrogen functional groups attached to an aromatic ring is 1. The standard InChI is InChI=1S/C15H16Cl2N4/c16-12-8-13(17)15(21-18)20-14(12)19-11-6-5-9-3-1-2-4-10(9)7-11/h1-4,8,11H,5-7,18H2,(H2,19,20,21). The van der Waals surface area contributed by atoms with Crippen LogP contribution in [0.5, 0.6) is 0 Å². The van der Waals surface area contributed by atoms with Crippen LogP contribution in [0.3, 0.4) is 0 Å². The zero-order valence-corrected chi connectivity index (χ0v) is 12.9. The van der Waals surface area contributed by atoms with Gasteiger partial charge >= 0.3 is 0 Å². The summed E-state index contributed by atoms with van der Waals surface area (Å²) in [7, 11) is 0. The Morgan fingerprint density at radius 1 is 1.10 bits per heavy atom. The number of benzene rings is 1. The number of nitrogens with two attached hydrogens (primary N) is 1. The number of halogens is 2. The molecule has 4 N–H and O–H groups in total. The number of pyridine rings is 1. The zero-order valence-electron chi connectivity index (χ0n) is 11.4. The van der Waals surface area contributed by atoms with E-state index in [1.165, 1.54) is 11.1 Å². The molecule has 0 bridgehead atoms. The number of nitrogens with zero attached hydrogens (tertiary/aromatic N) is 1. The molecule has 1 aromatic heterocycles. The summed E-state index contributed by atoms with van der Waals surface area (Å²) in [5.74, 6) is 6.42. The molecule has 1 aliphatic rings. The summed E-state index contributed by atoms with van der Waals surface area (Å²) in [4.78, 5) is 4.33. The van der Waals surface area contributed by atoms with Crippen LogP contribution in [0.2, 0.25) is 10.0 Å². The van der Waals surface area contributed by atoms with Crippen LogP contribution in [0, 0.1) is 0 Å². The first-order valence-corrected chi connectivity index (χ1v) is 7.59. The van der Waals surface area contributed by atoms with Crippen LogP contribution in [-0.4, -0.2) is 11.0 Å². The third kappa shape index (κ3) is 3.07. The predicted octanol–water partition coefficient (Wildman–Crippen LogP) is 3.64. The fraction of sp³-hybridized carbons (Fsp3) is 0.267. The van der Waals surface area contributed by atoms with Gasteiger partial charge in [0.25, 0.3) is 0 Å². The summed E-state index contributed by atoms with van der Waals surface area (Å²) in [5.41, 5.74) is 5.28. The van der Waals surface area contributed by atoms with E-state index in [-0.39, 0.29) is 0 Å². The smallest absolute Gasteiger partial charge is 0.161 e. The average molecular weight is 323 g/mol. The van der Waals surface area contributed by atoms with Gasteiger partial charge < -0.3 is 10.7 Å². The summed E-state index contributed by atoms with van der Waals surface area (Å²) < 4.78 is 0. The Labute approximate surface area is 133 Å². The van der Waals surface area contributed by atoms with E-state index in [4.69, 9.17) is 29.0 Å². The molecule has 21 heavy (non-hydrogen) atoms. The van der Waals surface area contributed by atoms with E-state index in [9.17, 15) is 0 Å². The first-order chi connectivity index (χ1) is 10.2. The van der Waals surface area contributed by atoms with Gasteiger partial charge in [-0.3, -0.25) is 0 Å². The molecule has 1 aromatic carbocycles. The summed E-state index contributed by atoms with van der Waals surface area (Å²) >= 11 is 12.2. The summed E-state index contributed by atoms with van der Waals surface area (Å²) in [6.45, 7) is 0. The second kappa shape index (κ2) is 6.10. The first-order valence-electron chi connectivity index (χ1n) is 6.83. The van der Waals surface area contributed by atoms with Gasteiger partial charge in [0.2, 0.25) is 0 Å².